The van der Waals surface area contributed by atoms with Gasteiger partial charge in [0.25, 0.3) is 11.8 Å². The van der Waals surface area contributed by atoms with Crippen molar-refractivity contribution in [3.05, 3.63) is 47.0 Å². The molecule has 0 atom stereocenters. The number of alkyl halides is 3. The van der Waals surface area contributed by atoms with Gasteiger partial charge in [-0.1, -0.05) is 38.0 Å². The highest BCUT2D eigenvalue weighted by Gasteiger charge is 2.51. The van der Waals surface area contributed by atoms with Crippen LogP contribution in [0.1, 0.15) is 52.5 Å². The van der Waals surface area contributed by atoms with E-state index in [1.165, 1.54) is 18.2 Å². The van der Waals surface area contributed by atoms with Crippen LogP contribution in [-0.4, -0.2) is 30.8 Å². The second kappa shape index (κ2) is 7.17. The number of hydroxylamine groups is 2. The minimum absolute atomic E-state index is 0.0726. The van der Waals surface area contributed by atoms with Crippen LogP contribution < -0.4 is 0 Å². The normalized spacial score (nSPS) is 14.8. The third kappa shape index (κ3) is 3.49. The first kappa shape index (κ1) is 20.3. The number of carbonyl (C=O) groups is 2. The summed E-state index contributed by atoms with van der Waals surface area (Å²) in [4.78, 5) is 25.1. The molecule has 1 aliphatic rings. The van der Waals surface area contributed by atoms with E-state index in [0.29, 0.717) is 11.8 Å². The van der Waals surface area contributed by atoms with E-state index in [4.69, 9.17) is 0 Å². The third-order valence-electron chi connectivity index (χ3n) is 4.39. The molecule has 0 saturated heterocycles. The molecule has 6 nitrogen and oxygen atoms in total. The van der Waals surface area contributed by atoms with Crippen LogP contribution >= 0.6 is 0 Å². The number of unbranched alkanes of at least 4 members (excludes halogenated alkanes) is 2. The standard InChI is InChI=1S/C18H16F3NO5S/c1-2-3-4-6-11-9-12-7-5-8-13-15(12)14(10-11)17(24)22(16(13)23)27-28(25,26)18(19,20)21/h5,7-10H,2-4,6H2,1H3. The second-order valence-corrected chi connectivity index (χ2v) is 7.90. The molecular formula is C18H16F3NO5S. The Morgan fingerprint density at radius 1 is 1.04 bits per heavy atom. The fraction of sp³-hybridized carbons (Fsp3) is 0.333. The van der Waals surface area contributed by atoms with Crippen molar-refractivity contribution in [1.29, 1.82) is 0 Å². The predicted molar refractivity (Wildman–Crippen MR) is 93.7 cm³/mol. The molecule has 0 radical (unpaired) electrons. The topological polar surface area (TPSA) is 80.8 Å². The molecule has 1 aliphatic heterocycles. The van der Waals surface area contributed by atoms with Crippen LogP contribution in [0.15, 0.2) is 30.3 Å². The fourth-order valence-corrected chi connectivity index (χ4v) is 3.50. The zero-order valence-electron chi connectivity index (χ0n) is 14.7. The maximum atomic E-state index is 12.6. The first-order valence-corrected chi connectivity index (χ1v) is 9.93. The van der Waals surface area contributed by atoms with E-state index in [0.717, 1.165) is 24.8 Å². The van der Waals surface area contributed by atoms with Crippen LogP contribution in [0.5, 0.6) is 0 Å². The smallest absolute Gasteiger partial charge is 0.266 e. The van der Waals surface area contributed by atoms with Gasteiger partial charge in [0.1, 0.15) is 0 Å². The summed E-state index contributed by atoms with van der Waals surface area (Å²) in [6, 6.07) is 7.75. The number of rotatable bonds is 6. The zero-order valence-corrected chi connectivity index (χ0v) is 15.6. The van der Waals surface area contributed by atoms with Gasteiger partial charge < -0.3 is 0 Å². The molecule has 0 fully saturated rings. The molecule has 2 amide bonds. The molecule has 3 rings (SSSR count). The maximum Gasteiger partial charge on any atom is 0.525 e. The van der Waals surface area contributed by atoms with Crippen molar-refractivity contribution in [2.24, 2.45) is 0 Å². The van der Waals surface area contributed by atoms with Crippen molar-refractivity contribution in [3.63, 3.8) is 0 Å². The number of nitrogens with zero attached hydrogens (tertiary/aromatic N) is 1. The highest BCUT2D eigenvalue weighted by molar-refractivity contribution is 7.87. The van der Waals surface area contributed by atoms with E-state index < -0.39 is 27.4 Å². The van der Waals surface area contributed by atoms with Crippen molar-refractivity contribution in [2.75, 3.05) is 0 Å². The fourth-order valence-electron chi connectivity index (χ4n) is 3.08. The number of hydrogen-bond donors (Lipinski definition) is 0. The van der Waals surface area contributed by atoms with Crippen molar-refractivity contribution in [2.45, 2.75) is 38.1 Å². The van der Waals surface area contributed by atoms with E-state index in [-0.39, 0.29) is 21.6 Å². The Morgan fingerprint density at radius 3 is 2.36 bits per heavy atom. The Balaban J connectivity index is 2.08. The minimum atomic E-state index is -6.18. The maximum absolute atomic E-state index is 12.6. The quantitative estimate of drug-likeness (QED) is 0.405. The van der Waals surface area contributed by atoms with Gasteiger partial charge in [-0.15, -0.1) is 9.35 Å². The molecule has 1 heterocycles. The first-order valence-electron chi connectivity index (χ1n) is 8.52. The van der Waals surface area contributed by atoms with Crippen LogP contribution in [0, 0.1) is 0 Å². The SMILES string of the molecule is CCCCCc1cc2c3c(cccc3c1)C(=O)N(OS(=O)(=O)C(F)(F)F)C2=O. The average molecular weight is 415 g/mol. The Hall–Kier alpha value is -2.46. The number of halogens is 3. The number of benzene rings is 2. The molecule has 0 aromatic heterocycles. The van der Waals surface area contributed by atoms with Crippen LogP contribution in [0.4, 0.5) is 13.2 Å². The second-order valence-electron chi connectivity index (χ2n) is 6.38. The molecular weight excluding hydrogens is 399 g/mol. The molecule has 0 saturated carbocycles. The van der Waals surface area contributed by atoms with Crippen LogP contribution in [0.25, 0.3) is 10.8 Å². The highest BCUT2D eigenvalue weighted by atomic mass is 32.2. The van der Waals surface area contributed by atoms with E-state index in [1.54, 1.807) is 6.07 Å². The average Bonchev–Trinajstić information content (AvgIpc) is 2.62. The number of hydrogen-bond acceptors (Lipinski definition) is 5. The molecule has 0 N–H and O–H groups in total. The molecule has 2 aromatic carbocycles. The van der Waals surface area contributed by atoms with Gasteiger partial charge in [-0.3, -0.25) is 9.59 Å². The van der Waals surface area contributed by atoms with Gasteiger partial charge in [-0.2, -0.15) is 21.6 Å². The summed E-state index contributed by atoms with van der Waals surface area (Å²) in [6.45, 7) is 2.03. The summed E-state index contributed by atoms with van der Waals surface area (Å²) in [5.41, 5.74) is -5.20. The summed E-state index contributed by atoms with van der Waals surface area (Å²) in [7, 11) is -6.18. The lowest BCUT2D eigenvalue weighted by molar-refractivity contribution is -0.0761. The monoisotopic (exact) mass is 415 g/mol. The molecule has 28 heavy (non-hydrogen) atoms. The van der Waals surface area contributed by atoms with Gasteiger partial charge in [0, 0.05) is 5.39 Å². The number of aryl methyl sites for hydroxylation is 1. The Labute approximate surface area is 159 Å². The minimum Gasteiger partial charge on any atom is -0.266 e. The van der Waals surface area contributed by atoms with Crippen LogP contribution in [-0.2, 0) is 20.8 Å². The molecule has 2 aromatic rings. The Bertz CT molecular complexity index is 1060. The molecule has 150 valence electrons. The summed E-state index contributed by atoms with van der Waals surface area (Å²) in [5.74, 6) is -2.52. The third-order valence-corrected chi connectivity index (χ3v) is 5.30. The largest absolute Gasteiger partial charge is 0.525 e. The van der Waals surface area contributed by atoms with Crippen LogP contribution in [0.3, 0.4) is 0 Å². The summed E-state index contributed by atoms with van der Waals surface area (Å²) < 4.78 is 64.4. The molecule has 10 heteroatoms. The highest BCUT2D eigenvalue weighted by Crippen LogP contribution is 2.34. The van der Waals surface area contributed by atoms with Crippen molar-refractivity contribution in [3.8, 4) is 0 Å². The van der Waals surface area contributed by atoms with Crippen molar-refractivity contribution >= 4 is 32.7 Å². The molecule has 0 unspecified atom stereocenters. The lowest BCUT2D eigenvalue weighted by Gasteiger charge is -2.26. The van der Waals surface area contributed by atoms with Gasteiger partial charge in [0.15, 0.2) is 0 Å². The number of amides is 2. The van der Waals surface area contributed by atoms with Gasteiger partial charge in [0.05, 0.1) is 11.1 Å². The van der Waals surface area contributed by atoms with Gasteiger partial charge >= 0.3 is 15.6 Å². The first-order chi connectivity index (χ1) is 13.1. The Morgan fingerprint density at radius 2 is 1.71 bits per heavy atom. The lowest BCUT2D eigenvalue weighted by Crippen LogP contribution is -2.44. The summed E-state index contributed by atoms with van der Waals surface area (Å²) in [5, 5.41) is 0.498. The molecule has 0 bridgehead atoms. The number of imide groups is 1. The van der Waals surface area contributed by atoms with E-state index in [2.05, 4.69) is 4.28 Å². The number of carbonyl (C=O) groups excluding carboxylic acids is 2. The van der Waals surface area contributed by atoms with Crippen molar-refractivity contribution < 1.29 is 35.5 Å². The summed E-state index contributed by atoms with van der Waals surface area (Å²) >= 11 is 0. The van der Waals surface area contributed by atoms with E-state index in [1.807, 2.05) is 13.0 Å². The molecule has 0 aliphatic carbocycles. The van der Waals surface area contributed by atoms with E-state index in [9.17, 15) is 31.2 Å². The Kier molecular flexibility index (Phi) is 5.20. The van der Waals surface area contributed by atoms with Gasteiger partial charge in [-0.05, 0) is 35.9 Å². The van der Waals surface area contributed by atoms with Crippen LogP contribution in [0.2, 0.25) is 0 Å². The molecule has 0 spiro atoms. The zero-order chi connectivity index (χ0) is 20.7. The van der Waals surface area contributed by atoms with Crippen molar-refractivity contribution in [1.82, 2.24) is 5.06 Å². The van der Waals surface area contributed by atoms with Gasteiger partial charge in [0.2, 0.25) is 0 Å². The summed E-state index contributed by atoms with van der Waals surface area (Å²) in [6.07, 6.45) is 3.41. The lowest BCUT2D eigenvalue weighted by atomic mass is 9.91. The van der Waals surface area contributed by atoms with Gasteiger partial charge in [-0.25, -0.2) is 0 Å². The predicted octanol–water partition coefficient (Wildman–Crippen LogP) is 3.95. The van der Waals surface area contributed by atoms with E-state index >= 15 is 0 Å².